The van der Waals surface area contributed by atoms with E-state index in [1.165, 1.54) is 5.69 Å². The van der Waals surface area contributed by atoms with Crippen LogP contribution in [0.15, 0.2) is 43.1 Å². The Labute approximate surface area is 114 Å². The van der Waals surface area contributed by atoms with Crippen molar-refractivity contribution in [3.05, 3.63) is 48.8 Å². The van der Waals surface area contributed by atoms with E-state index in [2.05, 4.69) is 50.6 Å². The molecule has 0 bridgehead atoms. The lowest BCUT2D eigenvalue weighted by Gasteiger charge is -2.14. The van der Waals surface area contributed by atoms with E-state index < -0.39 is 0 Å². The molecule has 2 aromatic rings. The van der Waals surface area contributed by atoms with Crippen LogP contribution in [-0.4, -0.2) is 30.2 Å². The lowest BCUT2D eigenvalue weighted by Crippen LogP contribution is -2.09. The number of aromatic nitrogens is 2. The number of nitrogens with one attached hydrogen (secondary N) is 1. The average Bonchev–Trinajstić information content (AvgIpc) is 2.77. The zero-order valence-corrected chi connectivity index (χ0v) is 11.7. The van der Waals surface area contributed by atoms with Gasteiger partial charge in [0.05, 0.1) is 5.69 Å². The van der Waals surface area contributed by atoms with Crippen molar-refractivity contribution in [2.75, 3.05) is 30.9 Å². The number of anilines is 2. The summed E-state index contributed by atoms with van der Waals surface area (Å²) in [5, 5.41) is 3.24. The summed E-state index contributed by atoms with van der Waals surface area (Å²) in [5.41, 5.74) is 3.27. The van der Waals surface area contributed by atoms with Gasteiger partial charge in [0.15, 0.2) is 0 Å². The quantitative estimate of drug-likeness (QED) is 0.835. The first-order valence-corrected chi connectivity index (χ1v) is 6.30. The van der Waals surface area contributed by atoms with E-state index >= 15 is 0 Å². The molecular weight excluding hydrogens is 236 g/mol. The van der Waals surface area contributed by atoms with Crippen LogP contribution >= 0.6 is 0 Å². The fourth-order valence-electron chi connectivity index (χ4n) is 1.89. The van der Waals surface area contributed by atoms with E-state index in [9.17, 15) is 0 Å². The third-order valence-corrected chi connectivity index (χ3v) is 2.88. The van der Waals surface area contributed by atoms with Crippen molar-refractivity contribution >= 4 is 11.6 Å². The smallest absolute Gasteiger partial charge is 0.207 e. The number of benzene rings is 1. The molecule has 0 aliphatic carbocycles. The van der Waals surface area contributed by atoms with Gasteiger partial charge < -0.3 is 10.2 Å². The van der Waals surface area contributed by atoms with Crippen LogP contribution in [0.4, 0.5) is 11.6 Å². The number of aryl methyl sites for hydroxylation is 1. The largest absolute Gasteiger partial charge is 0.378 e. The van der Waals surface area contributed by atoms with Gasteiger partial charge in [0.1, 0.15) is 0 Å². The summed E-state index contributed by atoms with van der Waals surface area (Å²) >= 11 is 0. The van der Waals surface area contributed by atoms with Crippen LogP contribution in [0.5, 0.6) is 0 Å². The molecule has 1 heterocycles. The van der Waals surface area contributed by atoms with Crippen molar-refractivity contribution in [2.24, 2.45) is 0 Å². The molecule has 0 amide bonds. The summed E-state index contributed by atoms with van der Waals surface area (Å²) in [6, 6.07) is 8.38. The van der Waals surface area contributed by atoms with Crippen LogP contribution < -0.4 is 10.2 Å². The third-order valence-electron chi connectivity index (χ3n) is 2.88. The van der Waals surface area contributed by atoms with Crippen molar-refractivity contribution in [3.63, 3.8) is 0 Å². The summed E-state index contributed by atoms with van der Waals surface area (Å²) in [7, 11) is 4.07. The van der Waals surface area contributed by atoms with Crippen molar-refractivity contribution in [2.45, 2.75) is 6.92 Å². The molecule has 1 aromatic carbocycles. The number of rotatable bonds is 5. The number of nitrogens with zero attached hydrogens (tertiary/aromatic N) is 3. The molecule has 0 saturated heterocycles. The van der Waals surface area contributed by atoms with Gasteiger partial charge >= 0.3 is 0 Å². The first kappa shape index (κ1) is 13.2. The van der Waals surface area contributed by atoms with Crippen LogP contribution in [0.3, 0.4) is 0 Å². The van der Waals surface area contributed by atoms with E-state index in [-0.39, 0.29) is 0 Å². The van der Waals surface area contributed by atoms with Crippen molar-refractivity contribution < 1.29 is 0 Å². The molecule has 0 aliphatic heterocycles. The number of hydrogen-bond donors (Lipinski definition) is 1. The second-order valence-electron chi connectivity index (χ2n) is 4.66. The van der Waals surface area contributed by atoms with Gasteiger partial charge in [0, 0.05) is 38.2 Å². The van der Waals surface area contributed by atoms with Crippen LogP contribution in [0.1, 0.15) is 5.69 Å². The molecule has 4 nitrogen and oxygen atoms in total. The molecule has 100 valence electrons. The summed E-state index contributed by atoms with van der Waals surface area (Å²) in [6.07, 6.45) is 3.85. The Morgan fingerprint density at radius 2 is 2.00 bits per heavy atom. The van der Waals surface area contributed by atoms with Gasteiger partial charge in [-0.2, -0.15) is 0 Å². The van der Waals surface area contributed by atoms with E-state index in [1.54, 1.807) is 0 Å². The molecule has 0 spiro atoms. The fourth-order valence-corrected chi connectivity index (χ4v) is 1.89. The molecule has 4 heteroatoms. The SMILES string of the molecule is C=CCNc1nc(C)cn1-c1ccc(N(C)C)cc1. The maximum absolute atomic E-state index is 4.48. The van der Waals surface area contributed by atoms with Crippen LogP contribution in [0.25, 0.3) is 5.69 Å². The monoisotopic (exact) mass is 256 g/mol. The van der Waals surface area contributed by atoms with Gasteiger partial charge in [0.2, 0.25) is 5.95 Å². The Hall–Kier alpha value is -2.23. The van der Waals surface area contributed by atoms with Gasteiger partial charge in [-0.05, 0) is 31.2 Å². The minimum atomic E-state index is 0.701. The molecule has 0 unspecified atom stereocenters. The molecule has 1 N–H and O–H groups in total. The van der Waals surface area contributed by atoms with E-state index in [1.807, 2.05) is 33.3 Å². The Morgan fingerprint density at radius 1 is 1.32 bits per heavy atom. The normalized spacial score (nSPS) is 10.3. The molecule has 0 saturated carbocycles. The van der Waals surface area contributed by atoms with E-state index in [0.29, 0.717) is 6.54 Å². The summed E-state index contributed by atoms with van der Waals surface area (Å²) in [4.78, 5) is 6.56. The molecule has 19 heavy (non-hydrogen) atoms. The van der Waals surface area contributed by atoms with Crippen molar-refractivity contribution in [3.8, 4) is 5.69 Å². The maximum Gasteiger partial charge on any atom is 0.207 e. The van der Waals surface area contributed by atoms with E-state index in [4.69, 9.17) is 0 Å². The van der Waals surface area contributed by atoms with E-state index in [0.717, 1.165) is 17.3 Å². The number of imidazole rings is 1. The zero-order chi connectivity index (χ0) is 13.8. The number of hydrogen-bond acceptors (Lipinski definition) is 3. The standard InChI is InChI=1S/C15H20N4/c1-5-10-16-15-17-12(2)11-19(15)14-8-6-13(7-9-14)18(3)4/h5-9,11H,1,10H2,2-4H3,(H,16,17). The summed E-state index contributed by atoms with van der Waals surface area (Å²) in [5.74, 6) is 0.843. The molecule has 2 rings (SSSR count). The molecule has 0 aliphatic rings. The highest BCUT2D eigenvalue weighted by Gasteiger charge is 2.06. The Balaban J connectivity index is 2.32. The first-order valence-electron chi connectivity index (χ1n) is 6.30. The highest BCUT2D eigenvalue weighted by atomic mass is 15.2. The Bertz CT molecular complexity index is 552. The summed E-state index contributed by atoms with van der Waals surface area (Å²) < 4.78 is 2.05. The van der Waals surface area contributed by atoms with Crippen LogP contribution in [0.2, 0.25) is 0 Å². The van der Waals surface area contributed by atoms with Gasteiger partial charge in [-0.25, -0.2) is 4.98 Å². The predicted molar refractivity (Wildman–Crippen MR) is 81.3 cm³/mol. The lowest BCUT2D eigenvalue weighted by molar-refractivity contribution is 1.04. The average molecular weight is 256 g/mol. The second-order valence-corrected chi connectivity index (χ2v) is 4.66. The predicted octanol–water partition coefficient (Wildman–Crippen LogP) is 2.84. The molecule has 1 aromatic heterocycles. The lowest BCUT2D eigenvalue weighted by atomic mass is 10.2. The van der Waals surface area contributed by atoms with Gasteiger partial charge in [0.25, 0.3) is 0 Å². The zero-order valence-electron chi connectivity index (χ0n) is 11.7. The first-order chi connectivity index (χ1) is 9.11. The third kappa shape index (κ3) is 2.96. The van der Waals surface area contributed by atoms with Gasteiger partial charge in [-0.3, -0.25) is 4.57 Å². The highest BCUT2D eigenvalue weighted by Crippen LogP contribution is 2.19. The summed E-state index contributed by atoms with van der Waals surface area (Å²) in [6.45, 7) is 6.40. The molecule has 0 radical (unpaired) electrons. The fraction of sp³-hybridized carbons (Fsp3) is 0.267. The highest BCUT2D eigenvalue weighted by molar-refractivity contribution is 5.52. The van der Waals surface area contributed by atoms with Crippen LogP contribution in [-0.2, 0) is 0 Å². The Kier molecular flexibility index (Phi) is 3.90. The molecule has 0 fully saturated rings. The van der Waals surface area contributed by atoms with Gasteiger partial charge in [-0.1, -0.05) is 6.08 Å². The van der Waals surface area contributed by atoms with Crippen LogP contribution in [0, 0.1) is 6.92 Å². The van der Waals surface area contributed by atoms with Gasteiger partial charge in [-0.15, -0.1) is 6.58 Å². The Morgan fingerprint density at radius 3 is 2.58 bits per heavy atom. The maximum atomic E-state index is 4.48. The minimum absolute atomic E-state index is 0.701. The topological polar surface area (TPSA) is 33.1 Å². The molecular formula is C15H20N4. The van der Waals surface area contributed by atoms with Crippen molar-refractivity contribution in [1.82, 2.24) is 9.55 Å². The van der Waals surface area contributed by atoms with Crippen molar-refractivity contribution in [1.29, 1.82) is 0 Å². The molecule has 0 atom stereocenters. The second kappa shape index (κ2) is 5.61. The minimum Gasteiger partial charge on any atom is -0.378 e.